The van der Waals surface area contributed by atoms with Crippen LogP contribution >= 0.6 is 0 Å². The summed E-state index contributed by atoms with van der Waals surface area (Å²) in [5.74, 6) is 0. The second kappa shape index (κ2) is 47.4. The second-order valence-corrected chi connectivity index (χ2v) is 0. The summed E-state index contributed by atoms with van der Waals surface area (Å²) in [7, 11) is 0. The Morgan fingerprint density at radius 2 is 0.250 bits per heavy atom. The number of hydrogen-bond acceptors (Lipinski definition) is 0. The summed E-state index contributed by atoms with van der Waals surface area (Å²) in [6.07, 6.45) is 0. The van der Waals surface area contributed by atoms with Gasteiger partial charge in [0.2, 0.25) is 0 Å². The molecular formula is S4Sr4. The fourth-order valence-electron chi connectivity index (χ4n) is 0. The van der Waals surface area contributed by atoms with Gasteiger partial charge in [-0.3, -0.25) is 0 Å². The van der Waals surface area contributed by atoms with Crippen LogP contribution < -0.4 is 0 Å². The Morgan fingerprint density at radius 3 is 0.250 bits per heavy atom. The Kier molecular flexibility index (Phi) is 347. The normalized spacial score (nSPS) is 0. The molecular weight excluding hydrogens is 479 g/mol. The van der Waals surface area contributed by atoms with E-state index < -0.39 is 0 Å². The van der Waals surface area contributed by atoms with Gasteiger partial charge in [-0.25, -0.2) is 0 Å². The zero-order chi connectivity index (χ0) is 0. The van der Waals surface area contributed by atoms with Gasteiger partial charge in [0.15, 0.2) is 0 Å². The van der Waals surface area contributed by atoms with Crippen molar-refractivity contribution in [3.8, 4) is 0 Å². The van der Waals surface area contributed by atoms with Crippen molar-refractivity contribution in [2.75, 3.05) is 0 Å². The molecule has 0 saturated heterocycles. The smallest absolute Gasteiger partial charge is 2.00 e. The molecule has 0 rings (SSSR count). The van der Waals surface area contributed by atoms with Crippen LogP contribution in [0.5, 0.6) is 0 Å². The quantitative estimate of drug-likeness (QED) is 0.371. The predicted octanol–water partition coefficient (Wildman–Crippen LogP) is -1.53. The van der Waals surface area contributed by atoms with E-state index in [1.807, 2.05) is 0 Å². The van der Waals surface area contributed by atoms with E-state index in [1.165, 1.54) is 0 Å². The van der Waals surface area contributed by atoms with Crippen LogP contribution in [0.15, 0.2) is 0 Å². The zero-order valence-corrected chi connectivity index (χ0v) is 21.6. The molecule has 0 spiro atoms. The van der Waals surface area contributed by atoms with Crippen molar-refractivity contribution in [1.29, 1.82) is 0 Å². The van der Waals surface area contributed by atoms with Crippen molar-refractivity contribution >= 4 is 236 Å². The molecule has 8 heavy (non-hydrogen) atoms. The minimum Gasteiger partial charge on any atom is -2.00 e. The maximum atomic E-state index is 0. The zero-order valence-electron chi connectivity index (χ0n) is 4.46. The third kappa shape index (κ3) is 37.7. The van der Waals surface area contributed by atoms with Crippen LogP contribution in [0.2, 0.25) is 0 Å². The van der Waals surface area contributed by atoms with Crippen LogP contribution in [0.4, 0.5) is 0 Å². The van der Waals surface area contributed by atoms with Crippen LogP contribution in [0.25, 0.3) is 0 Å². The molecule has 0 atom stereocenters. The topological polar surface area (TPSA) is 0 Å². The minimum absolute atomic E-state index is 0. The van der Waals surface area contributed by atoms with Gasteiger partial charge in [0.25, 0.3) is 0 Å². The van der Waals surface area contributed by atoms with Gasteiger partial charge in [-0.05, 0) is 0 Å². The molecule has 0 amide bonds. The van der Waals surface area contributed by atoms with E-state index in [2.05, 4.69) is 0 Å². The molecule has 8 heteroatoms. The van der Waals surface area contributed by atoms with Crippen molar-refractivity contribution in [2.45, 2.75) is 0 Å². The number of hydrogen-bond donors (Lipinski definition) is 0. The summed E-state index contributed by atoms with van der Waals surface area (Å²) in [6.45, 7) is 0. The maximum Gasteiger partial charge on any atom is 2.00 e. The van der Waals surface area contributed by atoms with Crippen LogP contribution in [0, 0.1) is 0 Å². The molecule has 0 saturated carbocycles. The SMILES string of the molecule is [S-2].[S-2].[S-2].[S-2].[Sr+2].[Sr+2].[Sr+2].[Sr+2]. The van der Waals surface area contributed by atoms with Crippen molar-refractivity contribution in [3.63, 3.8) is 0 Å². The van der Waals surface area contributed by atoms with Gasteiger partial charge in [-0.15, -0.1) is 0 Å². The molecule has 0 N–H and O–H groups in total. The molecule has 0 heterocycles. The molecule has 0 aliphatic rings. The van der Waals surface area contributed by atoms with Gasteiger partial charge >= 0.3 is 182 Å². The van der Waals surface area contributed by atoms with Crippen LogP contribution in [0.1, 0.15) is 0 Å². The molecule has 0 fully saturated rings. The predicted molar refractivity (Wildman–Crippen MR) is 52.5 cm³/mol. The first-order valence-electron chi connectivity index (χ1n) is 0. The molecule has 0 unspecified atom stereocenters. The van der Waals surface area contributed by atoms with E-state index >= 15 is 0 Å². The van der Waals surface area contributed by atoms with Crippen molar-refractivity contribution in [3.05, 3.63) is 0 Å². The summed E-state index contributed by atoms with van der Waals surface area (Å²) in [5, 5.41) is 0. The molecule has 0 bridgehead atoms. The van der Waals surface area contributed by atoms with Crippen LogP contribution in [0.3, 0.4) is 0 Å². The molecule has 0 aliphatic carbocycles. The fourth-order valence-corrected chi connectivity index (χ4v) is 0. The second-order valence-electron chi connectivity index (χ2n) is 0. The first kappa shape index (κ1) is 58.6. The summed E-state index contributed by atoms with van der Waals surface area (Å²) >= 11 is 0. The van der Waals surface area contributed by atoms with Crippen molar-refractivity contribution in [2.24, 2.45) is 0 Å². The van der Waals surface area contributed by atoms with E-state index in [0.29, 0.717) is 0 Å². The number of rotatable bonds is 0. The summed E-state index contributed by atoms with van der Waals surface area (Å²) in [6, 6.07) is 0. The summed E-state index contributed by atoms with van der Waals surface area (Å²) in [4.78, 5) is 0. The first-order valence-corrected chi connectivity index (χ1v) is 0. The molecule has 0 aromatic carbocycles. The maximum absolute atomic E-state index is 0. The van der Waals surface area contributed by atoms with E-state index in [4.69, 9.17) is 0 Å². The van der Waals surface area contributed by atoms with E-state index in [-0.39, 0.29) is 236 Å². The van der Waals surface area contributed by atoms with Crippen LogP contribution in [-0.2, 0) is 54.0 Å². The standard InChI is InChI=1S/4S.4Sr/q4*-2;4*+2. The largest absolute Gasteiger partial charge is 2.00 e. The van der Waals surface area contributed by atoms with E-state index in [1.54, 1.807) is 0 Å². The third-order valence-corrected chi connectivity index (χ3v) is 0. The van der Waals surface area contributed by atoms with Crippen LogP contribution in [-0.4, -0.2) is 182 Å². The molecule has 0 aliphatic heterocycles. The summed E-state index contributed by atoms with van der Waals surface area (Å²) < 4.78 is 0. The Hall–Kier alpha value is 7.32. The van der Waals surface area contributed by atoms with E-state index in [9.17, 15) is 0 Å². The van der Waals surface area contributed by atoms with Crippen molar-refractivity contribution < 1.29 is 0 Å². The molecule has 0 radical (unpaired) electrons. The first-order chi connectivity index (χ1) is 0. The van der Waals surface area contributed by atoms with Gasteiger partial charge in [-0.2, -0.15) is 0 Å². The van der Waals surface area contributed by atoms with Gasteiger partial charge in [0, 0.05) is 0 Å². The fraction of sp³-hybridized carbons (Fsp3) is 0. The molecule has 0 aromatic rings. The molecule has 0 aromatic heterocycles. The van der Waals surface area contributed by atoms with Gasteiger partial charge in [0.1, 0.15) is 0 Å². The van der Waals surface area contributed by atoms with Gasteiger partial charge in [0.05, 0.1) is 0 Å². The molecule has 32 valence electrons. The average molecular weight is 479 g/mol. The van der Waals surface area contributed by atoms with Gasteiger partial charge < -0.3 is 54.0 Å². The third-order valence-electron chi connectivity index (χ3n) is 0. The van der Waals surface area contributed by atoms with E-state index in [0.717, 1.165) is 0 Å². The minimum atomic E-state index is 0. The van der Waals surface area contributed by atoms with Gasteiger partial charge in [-0.1, -0.05) is 0 Å². The monoisotopic (exact) mass is 480 g/mol. The molecule has 0 nitrogen and oxygen atoms in total. The summed E-state index contributed by atoms with van der Waals surface area (Å²) in [5.41, 5.74) is 0. The Balaban J connectivity index is 0. The Morgan fingerprint density at radius 1 is 0.250 bits per heavy atom. The Labute approximate surface area is 228 Å². The average Bonchev–Trinajstić information content (AvgIpc) is 0. The Bertz CT molecular complexity index is 8.00. The van der Waals surface area contributed by atoms with Crippen molar-refractivity contribution in [1.82, 2.24) is 0 Å².